The van der Waals surface area contributed by atoms with E-state index in [1.165, 1.54) is 21.8 Å². The van der Waals surface area contributed by atoms with E-state index in [4.69, 9.17) is 0 Å². The van der Waals surface area contributed by atoms with Gasteiger partial charge in [-0.15, -0.1) is 0 Å². The van der Waals surface area contributed by atoms with Crippen molar-refractivity contribution in [1.82, 2.24) is 4.57 Å². The highest BCUT2D eigenvalue weighted by molar-refractivity contribution is 7.16. The van der Waals surface area contributed by atoms with E-state index in [-0.39, 0.29) is 30.6 Å². The second-order valence-electron chi connectivity index (χ2n) is 7.09. The van der Waals surface area contributed by atoms with Crippen molar-refractivity contribution in [3.63, 3.8) is 0 Å². The smallest absolute Gasteiger partial charge is 0.279 e. The second kappa shape index (κ2) is 7.75. The zero-order valence-corrected chi connectivity index (χ0v) is 17.2. The molecule has 0 atom stereocenters. The van der Waals surface area contributed by atoms with Crippen molar-refractivity contribution < 1.29 is 14.4 Å². The summed E-state index contributed by atoms with van der Waals surface area (Å²) in [6.07, 6.45) is 1.41. The maximum atomic E-state index is 12.8. The fourth-order valence-electron chi connectivity index (χ4n) is 3.47. The molecular formula is C22H21N3O3S. The number of nitrogens with zero attached hydrogens (tertiary/aromatic N) is 3. The number of benzene rings is 2. The zero-order valence-electron chi connectivity index (χ0n) is 16.3. The molecule has 29 heavy (non-hydrogen) atoms. The Kier molecular flexibility index (Phi) is 5.15. The third kappa shape index (κ3) is 3.65. The molecule has 3 amide bonds. The third-order valence-corrected chi connectivity index (χ3v) is 5.95. The van der Waals surface area contributed by atoms with Crippen LogP contribution in [0.3, 0.4) is 0 Å². The molecule has 0 spiro atoms. The van der Waals surface area contributed by atoms with E-state index in [0.29, 0.717) is 16.1 Å². The van der Waals surface area contributed by atoms with Gasteiger partial charge in [-0.1, -0.05) is 24.3 Å². The lowest BCUT2D eigenvalue weighted by molar-refractivity contribution is -0.121. The van der Waals surface area contributed by atoms with Crippen molar-refractivity contribution in [2.24, 2.45) is 4.99 Å². The summed E-state index contributed by atoms with van der Waals surface area (Å²) in [5.41, 5.74) is 3.16. The van der Waals surface area contributed by atoms with Gasteiger partial charge < -0.3 is 4.57 Å². The number of anilines is 1. The van der Waals surface area contributed by atoms with E-state index in [2.05, 4.69) is 34.7 Å². The van der Waals surface area contributed by atoms with Crippen LogP contribution in [0.2, 0.25) is 0 Å². The van der Waals surface area contributed by atoms with Crippen molar-refractivity contribution in [1.29, 1.82) is 0 Å². The Morgan fingerprint density at radius 3 is 2.41 bits per heavy atom. The summed E-state index contributed by atoms with van der Waals surface area (Å²) in [5.74, 6) is -0.761. The van der Waals surface area contributed by atoms with E-state index in [1.807, 2.05) is 6.92 Å². The van der Waals surface area contributed by atoms with Crippen LogP contribution in [0.1, 0.15) is 42.1 Å². The molecule has 0 saturated carbocycles. The average Bonchev–Trinajstić information content (AvgIpc) is 3.21. The van der Waals surface area contributed by atoms with Gasteiger partial charge in [0.1, 0.15) is 0 Å². The zero-order chi connectivity index (χ0) is 20.5. The standard InChI is InChI=1S/C22H21N3O3S/c1-3-12-24-17-9-4-14(2)13-18(17)29-22(24)23-21(28)15-5-7-16(8-6-15)25-19(26)10-11-20(25)27/h4-9,13H,3,10-12H2,1-2H3. The molecule has 0 radical (unpaired) electrons. The number of rotatable bonds is 4. The second-order valence-corrected chi connectivity index (χ2v) is 8.10. The van der Waals surface area contributed by atoms with E-state index < -0.39 is 0 Å². The van der Waals surface area contributed by atoms with Crippen molar-refractivity contribution in [2.75, 3.05) is 4.90 Å². The number of hydrogen-bond acceptors (Lipinski definition) is 4. The molecule has 6 nitrogen and oxygen atoms in total. The molecule has 0 unspecified atom stereocenters. The number of thiazole rings is 1. The monoisotopic (exact) mass is 407 g/mol. The Morgan fingerprint density at radius 1 is 1.07 bits per heavy atom. The Bertz CT molecular complexity index is 1170. The first kappa shape index (κ1) is 19.3. The van der Waals surface area contributed by atoms with Gasteiger partial charge in [0.25, 0.3) is 5.91 Å². The normalized spacial score (nSPS) is 15.0. The van der Waals surface area contributed by atoms with Gasteiger partial charge in [0.15, 0.2) is 4.80 Å². The maximum Gasteiger partial charge on any atom is 0.279 e. The predicted molar refractivity (Wildman–Crippen MR) is 113 cm³/mol. The number of carbonyl (C=O) groups is 3. The van der Waals surface area contributed by atoms with E-state index in [0.717, 1.165) is 23.2 Å². The molecule has 0 N–H and O–H groups in total. The molecule has 1 saturated heterocycles. The lowest BCUT2D eigenvalue weighted by atomic mass is 10.2. The molecule has 2 aromatic carbocycles. The van der Waals surface area contributed by atoms with E-state index >= 15 is 0 Å². The lowest BCUT2D eigenvalue weighted by Crippen LogP contribution is -2.28. The van der Waals surface area contributed by atoms with Gasteiger partial charge in [0.2, 0.25) is 11.8 Å². The topological polar surface area (TPSA) is 71.7 Å². The van der Waals surface area contributed by atoms with Gasteiger partial charge in [-0.25, -0.2) is 0 Å². The highest BCUT2D eigenvalue weighted by Gasteiger charge is 2.30. The average molecular weight is 407 g/mol. The third-order valence-electron chi connectivity index (χ3n) is 4.91. The van der Waals surface area contributed by atoms with Crippen LogP contribution in [0, 0.1) is 6.92 Å². The number of carbonyl (C=O) groups excluding carboxylic acids is 3. The quantitative estimate of drug-likeness (QED) is 0.618. The Labute approximate surface area is 172 Å². The summed E-state index contributed by atoms with van der Waals surface area (Å²) >= 11 is 1.50. The first-order valence-corrected chi connectivity index (χ1v) is 10.4. The minimum atomic E-state index is -0.344. The number of amides is 3. The predicted octanol–water partition coefficient (Wildman–Crippen LogP) is 3.82. The van der Waals surface area contributed by atoms with Gasteiger partial charge in [-0.05, 0) is 55.3 Å². The number of aromatic nitrogens is 1. The fraction of sp³-hybridized carbons (Fsp3) is 0.273. The summed E-state index contributed by atoms with van der Waals surface area (Å²) in [5, 5.41) is 0. The molecule has 1 aromatic heterocycles. The minimum absolute atomic E-state index is 0.208. The first-order valence-electron chi connectivity index (χ1n) is 9.63. The van der Waals surface area contributed by atoms with Crippen LogP contribution in [-0.2, 0) is 16.1 Å². The van der Waals surface area contributed by atoms with Gasteiger partial charge in [0, 0.05) is 24.9 Å². The Hall–Kier alpha value is -3.06. The largest absolute Gasteiger partial charge is 0.316 e. The SMILES string of the molecule is CCCn1c(=NC(=O)c2ccc(N3C(=O)CCC3=O)cc2)sc2cc(C)ccc21. The molecule has 2 heterocycles. The molecular weight excluding hydrogens is 386 g/mol. The fourth-order valence-corrected chi connectivity index (χ4v) is 4.63. The van der Waals surface area contributed by atoms with Crippen molar-refractivity contribution in [2.45, 2.75) is 39.7 Å². The van der Waals surface area contributed by atoms with Crippen LogP contribution in [0.5, 0.6) is 0 Å². The number of hydrogen-bond donors (Lipinski definition) is 0. The number of aryl methyl sites for hydroxylation is 2. The van der Waals surface area contributed by atoms with Crippen LogP contribution in [0.4, 0.5) is 5.69 Å². The summed E-state index contributed by atoms with van der Waals surface area (Å²) in [7, 11) is 0. The molecule has 7 heteroatoms. The first-order chi connectivity index (χ1) is 14.0. The molecule has 1 aliphatic heterocycles. The Balaban J connectivity index is 1.68. The van der Waals surface area contributed by atoms with Crippen molar-refractivity contribution in [3.05, 3.63) is 58.4 Å². The lowest BCUT2D eigenvalue weighted by Gasteiger charge is -2.13. The van der Waals surface area contributed by atoms with E-state index in [1.54, 1.807) is 24.3 Å². The maximum absolute atomic E-state index is 12.8. The van der Waals surface area contributed by atoms with Gasteiger partial charge in [-0.3, -0.25) is 19.3 Å². The molecule has 148 valence electrons. The Morgan fingerprint density at radius 2 is 1.76 bits per heavy atom. The highest BCUT2D eigenvalue weighted by Crippen LogP contribution is 2.23. The summed E-state index contributed by atoms with van der Waals surface area (Å²) < 4.78 is 3.18. The van der Waals surface area contributed by atoms with Crippen molar-refractivity contribution >= 4 is 45.0 Å². The van der Waals surface area contributed by atoms with Crippen LogP contribution < -0.4 is 9.70 Å². The molecule has 0 bridgehead atoms. The van der Waals surface area contributed by atoms with Crippen LogP contribution >= 0.6 is 11.3 Å². The van der Waals surface area contributed by atoms with Gasteiger partial charge >= 0.3 is 0 Å². The highest BCUT2D eigenvalue weighted by atomic mass is 32.1. The van der Waals surface area contributed by atoms with Crippen LogP contribution in [0.25, 0.3) is 10.2 Å². The number of imide groups is 1. The summed E-state index contributed by atoms with van der Waals surface area (Å²) in [6.45, 7) is 4.92. The van der Waals surface area contributed by atoms with Gasteiger partial charge in [0.05, 0.1) is 15.9 Å². The van der Waals surface area contributed by atoms with Crippen LogP contribution in [0.15, 0.2) is 47.5 Å². The molecule has 4 rings (SSSR count). The summed E-state index contributed by atoms with van der Waals surface area (Å²) in [4.78, 5) is 42.7. The van der Waals surface area contributed by atoms with Crippen molar-refractivity contribution in [3.8, 4) is 0 Å². The van der Waals surface area contributed by atoms with Crippen LogP contribution in [-0.4, -0.2) is 22.3 Å². The molecule has 3 aromatic rings. The molecule has 1 fully saturated rings. The van der Waals surface area contributed by atoms with E-state index in [9.17, 15) is 14.4 Å². The number of fused-ring (bicyclic) bond motifs is 1. The minimum Gasteiger partial charge on any atom is -0.316 e. The van der Waals surface area contributed by atoms with Gasteiger partial charge in [-0.2, -0.15) is 4.99 Å². The molecule has 1 aliphatic rings. The summed E-state index contributed by atoms with van der Waals surface area (Å²) in [6, 6.07) is 12.7. The molecule has 0 aliphatic carbocycles.